The third-order valence-corrected chi connectivity index (χ3v) is 3.06. The van der Waals surface area contributed by atoms with Crippen LogP contribution in [0.15, 0.2) is 0 Å². The van der Waals surface area contributed by atoms with Crippen LogP contribution < -0.4 is 5.32 Å². The van der Waals surface area contributed by atoms with Crippen molar-refractivity contribution >= 4 is 0 Å². The molecule has 1 atom stereocenters. The minimum absolute atomic E-state index is 0.695. The Labute approximate surface area is 103 Å². The van der Waals surface area contributed by atoms with Crippen LogP contribution in [0.5, 0.6) is 0 Å². The summed E-state index contributed by atoms with van der Waals surface area (Å²) in [7, 11) is 2.24. The van der Waals surface area contributed by atoms with Gasteiger partial charge in [-0.25, -0.2) is 0 Å². The highest BCUT2D eigenvalue weighted by molar-refractivity contribution is 4.61. The molecular formula is C14H32N2. The molecule has 2 heteroatoms. The maximum atomic E-state index is 3.54. The van der Waals surface area contributed by atoms with Crippen LogP contribution in [0.4, 0.5) is 0 Å². The number of nitrogens with one attached hydrogen (secondary N) is 1. The fourth-order valence-electron chi connectivity index (χ4n) is 1.86. The lowest BCUT2D eigenvalue weighted by atomic mass is 10.1. The second-order valence-corrected chi connectivity index (χ2v) is 5.01. The Morgan fingerprint density at radius 2 is 1.69 bits per heavy atom. The highest BCUT2D eigenvalue weighted by Crippen LogP contribution is 2.02. The summed E-state index contributed by atoms with van der Waals surface area (Å²) in [5.41, 5.74) is 0. The van der Waals surface area contributed by atoms with E-state index in [0.717, 1.165) is 6.54 Å². The molecule has 16 heavy (non-hydrogen) atoms. The maximum absolute atomic E-state index is 3.54. The second-order valence-electron chi connectivity index (χ2n) is 5.01. The van der Waals surface area contributed by atoms with Crippen molar-refractivity contribution in [2.24, 2.45) is 0 Å². The summed E-state index contributed by atoms with van der Waals surface area (Å²) in [4.78, 5) is 2.47. The van der Waals surface area contributed by atoms with Gasteiger partial charge in [-0.1, -0.05) is 26.7 Å². The molecule has 2 nitrogen and oxygen atoms in total. The Balaban J connectivity index is 3.24. The van der Waals surface area contributed by atoms with Crippen molar-refractivity contribution in [2.45, 2.75) is 65.3 Å². The van der Waals surface area contributed by atoms with Crippen molar-refractivity contribution in [3.05, 3.63) is 0 Å². The molecule has 0 heterocycles. The number of hydrogen-bond donors (Lipinski definition) is 1. The first kappa shape index (κ1) is 15.9. The lowest BCUT2D eigenvalue weighted by Crippen LogP contribution is -2.27. The predicted octanol–water partition coefficient (Wildman–Crippen LogP) is 3.28. The normalized spacial score (nSPS) is 13.3. The Hall–Kier alpha value is -0.0800. The van der Waals surface area contributed by atoms with E-state index in [0.29, 0.717) is 6.04 Å². The molecule has 98 valence electrons. The van der Waals surface area contributed by atoms with Crippen molar-refractivity contribution in [1.82, 2.24) is 10.2 Å². The summed E-state index contributed by atoms with van der Waals surface area (Å²) in [5.74, 6) is 0. The van der Waals surface area contributed by atoms with Crippen LogP contribution in [0.1, 0.15) is 59.3 Å². The average Bonchev–Trinajstić information content (AvgIpc) is 2.29. The molecule has 0 rings (SSSR count). The van der Waals surface area contributed by atoms with E-state index in [2.05, 4.69) is 38.0 Å². The van der Waals surface area contributed by atoms with Crippen LogP contribution in [-0.4, -0.2) is 37.6 Å². The largest absolute Gasteiger partial charge is 0.314 e. The minimum Gasteiger partial charge on any atom is -0.314 e. The van der Waals surface area contributed by atoms with Gasteiger partial charge < -0.3 is 10.2 Å². The van der Waals surface area contributed by atoms with Crippen LogP contribution in [-0.2, 0) is 0 Å². The summed E-state index contributed by atoms with van der Waals surface area (Å²) in [6.07, 6.45) is 7.91. The predicted molar refractivity (Wildman–Crippen MR) is 74.0 cm³/mol. The van der Waals surface area contributed by atoms with E-state index in [-0.39, 0.29) is 0 Å². The SMILES string of the molecule is CCCCN(C)CCCCC(C)NCCC. The lowest BCUT2D eigenvalue weighted by molar-refractivity contribution is 0.315. The van der Waals surface area contributed by atoms with E-state index < -0.39 is 0 Å². The van der Waals surface area contributed by atoms with Gasteiger partial charge in [-0.2, -0.15) is 0 Å². The van der Waals surface area contributed by atoms with Crippen LogP contribution >= 0.6 is 0 Å². The smallest absolute Gasteiger partial charge is 0.00387 e. The van der Waals surface area contributed by atoms with E-state index in [1.807, 2.05) is 0 Å². The molecule has 0 fully saturated rings. The highest BCUT2D eigenvalue weighted by atomic mass is 15.1. The van der Waals surface area contributed by atoms with Crippen molar-refractivity contribution < 1.29 is 0 Å². The molecule has 0 bridgehead atoms. The van der Waals surface area contributed by atoms with Gasteiger partial charge in [-0.3, -0.25) is 0 Å². The zero-order valence-electron chi connectivity index (χ0n) is 11.9. The van der Waals surface area contributed by atoms with Gasteiger partial charge in [0.25, 0.3) is 0 Å². The summed E-state index contributed by atoms with van der Waals surface area (Å²) in [6.45, 7) is 10.5. The number of hydrogen-bond acceptors (Lipinski definition) is 2. The summed E-state index contributed by atoms with van der Waals surface area (Å²) in [5, 5.41) is 3.54. The van der Waals surface area contributed by atoms with E-state index >= 15 is 0 Å². The molecule has 0 amide bonds. The van der Waals surface area contributed by atoms with Crippen LogP contribution in [0.3, 0.4) is 0 Å². The molecule has 0 aliphatic rings. The topological polar surface area (TPSA) is 15.3 Å². The molecule has 0 saturated heterocycles. The number of rotatable bonds is 11. The Morgan fingerprint density at radius 1 is 1.00 bits per heavy atom. The quantitative estimate of drug-likeness (QED) is 0.546. The molecule has 0 saturated carbocycles. The van der Waals surface area contributed by atoms with Gasteiger partial charge in [0.05, 0.1) is 0 Å². The van der Waals surface area contributed by atoms with Crippen LogP contribution in [0, 0.1) is 0 Å². The average molecular weight is 228 g/mol. The molecular weight excluding hydrogens is 196 g/mol. The van der Waals surface area contributed by atoms with Gasteiger partial charge in [-0.05, 0) is 59.3 Å². The monoisotopic (exact) mass is 228 g/mol. The molecule has 0 spiro atoms. The van der Waals surface area contributed by atoms with Crippen molar-refractivity contribution in [2.75, 3.05) is 26.7 Å². The zero-order chi connectivity index (χ0) is 12.2. The molecule has 0 aromatic heterocycles. The molecule has 0 radical (unpaired) electrons. The molecule has 0 aromatic carbocycles. The third kappa shape index (κ3) is 10.4. The number of nitrogens with zero attached hydrogens (tertiary/aromatic N) is 1. The van der Waals surface area contributed by atoms with Gasteiger partial charge in [0.15, 0.2) is 0 Å². The second kappa shape index (κ2) is 11.4. The first-order chi connectivity index (χ1) is 7.70. The Bertz CT molecular complexity index is 121. The lowest BCUT2D eigenvalue weighted by Gasteiger charge is -2.17. The molecule has 1 unspecified atom stereocenters. The van der Waals surface area contributed by atoms with E-state index in [1.165, 1.54) is 51.6 Å². The molecule has 1 N–H and O–H groups in total. The molecule has 0 aromatic rings. The van der Waals surface area contributed by atoms with E-state index in [1.54, 1.807) is 0 Å². The fourth-order valence-corrected chi connectivity index (χ4v) is 1.86. The third-order valence-electron chi connectivity index (χ3n) is 3.06. The molecule has 0 aliphatic carbocycles. The van der Waals surface area contributed by atoms with Gasteiger partial charge in [-0.15, -0.1) is 0 Å². The van der Waals surface area contributed by atoms with Gasteiger partial charge >= 0.3 is 0 Å². The fraction of sp³-hybridized carbons (Fsp3) is 1.00. The standard InChI is InChI=1S/C14H32N2/c1-5-7-12-16(4)13-9-8-10-14(3)15-11-6-2/h14-15H,5-13H2,1-4H3. The van der Waals surface area contributed by atoms with Crippen molar-refractivity contribution in [1.29, 1.82) is 0 Å². The van der Waals surface area contributed by atoms with Crippen molar-refractivity contribution in [3.8, 4) is 0 Å². The first-order valence-electron chi connectivity index (χ1n) is 7.12. The van der Waals surface area contributed by atoms with Crippen LogP contribution in [0.25, 0.3) is 0 Å². The Morgan fingerprint density at radius 3 is 2.31 bits per heavy atom. The van der Waals surface area contributed by atoms with E-state index in [9.17, 15) is 0 Å². The number of unbranched alkanes of at least 4 members (excludes halogenated alkanes) is 2. The highest BCUT2D eigenvalue weighted by Gasteiger charge is 2.01. The Kier molecular flexibility index (Phi) is 11.3. The van der Waals surface area contributed by atoms with E-state index in [4.69, 9.17) is 0 Å². The summed E-state index contributed by atoms with van der Waals surface area (Å²) in [6, 6.07) is 0.695. The molecule has 0 aliphatic heterocycles. The summed E-state index contributed by atoms with van der Waals surface area (Å²) < 4.78 is 0. The van der Waals surface area contributed by atoms with Crippen LogP contribution in [0.2, 0.25) is 0 Å². The summed E-state index contributed by atoms with van der Waals surface area (Å²) >= 11 is 0. The van der Waals surface area contributed by atoms with Gasteiger partial charge in [0.2, 0.25) is 0 Å². The first-order valence-corrected chi connectivity index (χ1v) is 7.12. The maximum Gasteiger partial charge on any atom is 0.00387 e. The van der Waals surface area contributed by atoms with Gasteiger partial charge in [0, 0.05) is 6.04 Å². The van der Waals surface area contributed by atoms with Gasteiger partial charge in [0.1, 0.15) is 0 Å². The minimum atomic E-state index is 0.695. The van der Waals surface area contributed by atoms with Crippen molar-refractivity contribution in [3.63, 3.8) is 0 Å². The zero-order valence-corrected chi connectivity index (χ0v) is 11.9.